The maximum absolute atomic E-state index is 5.57. The summed E-state index contributed by atoms with van der Waals surface area (Å²) in [5.41, 5.74) is 9.09. The number of halogens is 3. The maximum atomic E-state index is 5.57. The number of rotatable bonds is 0. The van der Waals surface area contributed by atoms with Crippen molar-refractivity contribution in [2.24, 2.45) is 0 Å². The second-order valence-corrected chi connectivity index (χ2v) is 11.1. The van der Waals surface area contributed by atoms with Crippen molar-refractivity contribution < 1.29 is 25.6 Å². The number of thiol groups is 1. The molecular formula is C24H16BrCl2OSZr-3. The van der Waals surface area contributed by atoms with Crippen LogP contribution in [0.3, 0.4) is 0 Å². The Labute approximate surface area is 211 Å². The molecular weight excluding hydrogens is 578 g/mol. The van der Waals surface area contributed by atoms with E-state index < -0.39 is 20.8 Å². The molecule has 1 aliphatic heterocycles. The van der Waals surface area contributed by atoms with Crippen molar-refractivity contribution in [1.29, 1.82) is 0 Å². The van der Waals surface area contributed by atoms with E-state index in [0.29, 0.717) is 4.67 Å². The fraction of sp³-hybridized carbons (Fsp3) is 0.0833. The van der Waals surface area contributed by atoms with Crippen molar-refractivity contribution in [2.75, 3.05) is 0 Å². The Morgan fingerprint density at radius 1 is 0.967 bits per heavy atom. The Balaban J connectivity index is 0.000000147. The fourth-order valence-electron chi connectivity index (χ4n) is 3.76. The zero-order chi connectivity index (χ0) is 20.2. The van der Waals surface area contributed by atoms with E-state index >= 15 is 0 Å². The molecule has 30 heavy (non-hydrogen) atoms. The van der Waals surface area contributed by atoms with Crippen LogP contribution in [0.25, 0.3) is 17.2 Å². The Bertz CT molecular complexity index is 1060. The molecule has 3 aromatic carbocycles. The molecule has 0 fully saturated rings. The first-order valence-corrected chi connectivity index (χ1v) is 16.1. The molecule has 1 nitrogen and oxygen atoms in total. The summed E-state index contributed by atoms with van der Waals surface area (Å²) in [5, 5.41) is 0. The summed E-state index contributed by atoms with van der Waals surface area (Å²) in [5.74, 6) is 0. The molecule has 0 radical (unpaired) electrons. The Morgan fingerprint density at radius 2 is 1.67 bits per heavy atom. The number of ether oxygens (including phenoxy) is 1. The quantitative estimate of drug-likeness (QED) is 0.120. The number of fused-ring (bicyclic) bond motifs is 6. The van der Waals surface area contributed by atoms with Gasteiger partial charge in [0, 0.05) is 0 Å². The Hall–Kier alpha value is -0.767. The van der Waals surface area contributed by atoms with Crippen molar-refractivity contribution in [3.8, 4) is 11.1 Å². The van der Waals surface area contributed by atoms with Crippen LogP contribution in [0.4, 0.5) is 0 Å². The van der Waals surface area contributed by atoms with E-state index in [1.807, 2.05) is 18.2 Å². The Morgan fingerprint density at radius 3 is 2.50 bits per heavy atom. The van der Waals surface area contributed by atoms with E-state index in [9.17, 15) is 0 Å². The predicted molar refractivity (Wildman–Crippen MR) is 128 cm³/mol. The maximum Gasteiger partial charge on any atom is -0.0454 e. The van der Waals surface area contributed by atoms with Gasteiger partial charge in [-0.1, -0.05) is 65.2 Å². The molecule has 0 aromatic heterocycles. The smallest absolute Gasteiger partial charge is 0.0454 e. The third-order valence-electron chi connectivity index (χ3n) is 4.95. The van der Waals surface area contributed by atoms with Gasteiger partial charge in [0.1, 0.15) is 6.10 Å². The second-order valence-electron chi connectivity index (χ2n) is 6.60. The van der Waals surface area contributed by atoms with E-state index in [4.69, 9.17) is 21.8 Å². The van der Waals surface area contributed by atoms with Crippen LogP contribution < -0.4 is 0 Å². The average molecular weight is 594 g/mol. The minimum absolute atomic E-state index is 0. The van der Waals surface area contributed by atoms with Crippen LogP contribution in [-0.4, -0.2) is 0 Å². The second kappa shape index (κ2) is 11.2. The molecule has 0 saturated heterocycles. The monoisotopic (exact) mass is 591 g/mol. The zero-order valence-corrected chi connectivity index (χ0v) is 22.2. The fourth-order valence-corrected chi connectivity index (χ4v) is 4.18. The first-order valence-electron chi connectivity index (χ1n) is 9.02. The molecule has 6 heteroatoms. The number of hydrogen-bond donors (Lipinski definition) is 0. The molecule has 0 saturated carbocycles. The molecule has 1 unspecified atom stereocenters. The van der Waals surface area contributed by atoms with Crippen molar-refractivity contribution in [1.82, 2.24) is 0 Å². The summed E-state index contributed by atoms with van der Waals surface area (Å²) in [7, 11) is 9.87. The largest absolute Gasteiger partial charge is 0.813 e. The number of hydrogen-bond acceptors (Lipinski definition) is 2. The van der Waals surface area contributed by atoms with E-state index in [-0.39, 0.29) is 19.6 Å². The van der Waals surface area contributed by atoms with Gasteiger partial charge in [-0.15, -0.1) is 35.4 Å². The van der Waals surface area contributed by atoms with Gasteiger partial charge in [-0.3, -0.25) is 0 Å². The van der Waals surface area contributed by atoms with Crippen LogP contribution in [0.5, 0.6) is 0 Å². The third-order valence-corrected chi connectivity index (χ3v) is 5.33. The summed E-state index contributed by atoms with van der Waals surface area (Å²) in [6.45, 7) is 0. The van der Waals surface area contributed by atoms with Gasteiger partial charge in [0.05, 0.1) is 4.67 Å². The summed E-state index contributed by atoms with van der Waals surface area (Å²) in [6, 6.07) is 26.4. The van der Waals surface area contributed by atoms with Crippen LogP contribution >= 0.6 is 33.0 Å². The minimum atomic E-state index is -0.826. The Kier molecular flexibility index (Phi) is 8.92. The summed E-state index contributed by atoms with van der Waals surface area (Å²) < 4.78 is 6.27. The van der Waals surface area contributed by atoms with Crippen molar-refractivity contribution in [3.05, 3.63) is 111 Å². The third kappa shape index (κ3) is 5.17. The van der Waals surface area contributed by atoms with Gasteiger partial charge >= 0.3 is 37.9 Å². The minimum Gasteiger partial charge on any atom is -0.813 e. The van der Waals surface area contributed by atoms with Gasteiger partial charge in [0.2, 0.25) is 0 Å². The molecule has 1 atom stereocenters. The van der Waals surface area contributed by atoms with Crippen LogP contribution in [0.1, 0.15) is 28.4 Å². The average Bonchev–Trinajstić information content (AvgIpc) is 3.39. The first-order chi connectivity index (χ1) is 14.2. The van der Waals surface area contributed by atoms with Gasteiger partial charge < -0.3 is 18.2 Å². The van der Waals surface area contributed by atoms with Gasteiger partial charge in [0.15, 0.2) is 0 Å². The van der Waals surface area contributed by atoms with Crippen LogP contribution in [0.2, 0.25) is 0 Å². The van der Waals surface area contributed by atoms with Crippen molar-refractivity contribution in [2.45, 2.75) is 12.5 Å². The topological polar surface area (TPSA) is 9.23 Å². The molecule has 3 aromatic rings. The van der Waals surface area contributed by atoms with Crippen molar-refractivity contribution >= 4 is 52.5 Å². The predicted octanol–water partition coefficient (Wildman–Crippen LogP) is 7.36. The first kappa shape index (κ1) is 23.9. The zero-order valence-electron chi connectivity index (χ0n) is 15.7. The normalized spacial score (nSPS) is 15.8. The summed E-state index contributed by atoms with van der Waals surface area (Å²) in [6.07, 6.45) is 6.40. The molecule has 0 amide bonds. The SMILES string of the molecule is BrC1=[C-]C2=Cc3ccccc3C2O1.[Cl][Zr][Cl].[SH-].[c-]1cccc2c1-c1ccccc1C2. The molecule has 0 spiro atoms. The van der Waals surface area contributed by atoms with Crippen LogP contribution in [0.15, 0.2) is 77.0 Å². The van der Waals surface area contributed by atoms with Gasteiger partial charge in [-0.2, -0.15) is 17.7 Å². The van der Waals surface area contributed by atoms with Crippen molar-refractivity contribution in [3.63, 3.8) is 0 Å². The summed E-state index contributed by atoms with van der Waals surface area (Å²) in [4.78, 5) is 0. The molecule has 6 rings (SSSR count). The molecule has 0 N–H and O–H groups in total. The van der Waals surface area contributed by atoms with Gasteiger partial charge in [-0.25, -0.2) is 0 Å². The van der Waals surface area contributed by atoms with E-state index in [2.05, 4.69) is 82.7 Å². The van der Waals surface area contributed by atoms with Gasteiger partial charge in [0.25, 0.3) is 0 Å². The van der Waals surface area contributed by atoms with E-state index in [0.717, 1.165) is 12.0 Å². The standard InChI is InChI=1S/C13H9.C11H6BrO.2ClH.H2S.Zr/c1-3-7-12-10(5-1)9-11-6-2-4-8-13(11)12;12-10-6-8-5-7-3-1-2-4-9(7)11(8)13-10;;;;/h1-7H,9H2;1-5,11H;2*1H;1H2;/q2*-1;;;;+2/p-3. The van der Waals surface area contributed by atoms with Crippen LogP contribution in [0, 0.1) is 12.1 Å². The van der Waals surface area contributed by atoms with E-state index in [1.165, 1.54) is 33.4 Å². The number of benzene rings is 3. The molecule has 2 aliphatic carbocycles. The van der Waals surface area contributed by atoms with E-state index in [1.54, 1.807) is 0 Å². The molecule has 152 valence electrons. The van der Waals surface area contributed by atoms with Gasteiger partial charge in [-0.05, 0) is 27.9 Å². The molecule has 1 heterocycles. The summed E-state index contributed by atoms with van der Waals surface area (Å²) >= 11 is 2.46. The molecule has 0 bridgehead atoms. The van der Waals surface area contributed by atoms with Crippen LogP contribution in [-0.2, 0) is 45.5 Å². The molecule has 3 aliphatic rings.